The largest absolute Gasteiger partial charge is 0.494 e. The molecule has 0 aliphatic rings. The molecule has 0 fully saturated rings. The van der Waals surface area contributed by atoms with Crippen LogP contribution in [0.25, 0.3) is 23.2 Å². The van der Waals surface area contributed by atoms with Crippen molar-refractivity contribution in [3.8, 4) is 5.75 Å². The molecule has 0 aliphatic carbocycles. The third-order valence-corrected chi connectivity index (χ3v) is 5.15. The normalized spacial score (nSPS) is 11.5. The molecule has 4 nitrogen and oxygen atoms in total. The Labute approximate surface area is 171 Å². The van der Waals surface area contributed by atoms with Gasteiger partial charge in [0.25, 0.3) is 0 Å². The van der Waals surface area contributed by atoms with Crippen molar-refractivity contribution in [2.24, 2.45) is 0 Å². The summed E-state index contributed by atoms with van der Waals surface area (Å²) < 4.78 is 13.6. The van der Waals surface area contributed by atoms with Crippen LogP contribution in [0.5, 0.6) is 5.75 Å². The highest BCUT2D eigenvalue weighted by molar-refractivity contribution is 5.79. The number of para-hydroxylation sites is 2. The van der Waals surface area contributed by atoms with E-state index in [1.807, 2.05) is 36.4 Å². The second kappa shape index (κ2) is 8.82. The number of benzene rings is 2. The third-order valence-electron chi connectivity index (χ3n) is 5.15. The van der Waals surface area contributed by atoms with Crippen molar-refractivity contribution in [2.75, 3.05) is 6.61 Å². The summed E-state index contributed by atoms with van der Waals surface area (Å²) in [6.07, 6.45) is 7.66. The Morgan fingerprint density at radius 1 is 0.966 bits per heavy atom. The zero-order valence-corrected chi connectivity index (χ0v) is 17.0. The Kier molecular flexibility index (Phi) is 5.80. The Morgan fingerprint density at radius 2 is 1.86 bits per heavy atom. The molecule has 0 N–H and O–H groups in total. The van der Waals surface area contributed by atoms with E-state index in [1.54, 1.807) is 6.26 Å². The first kappa shape index (κ1) is 19.1. The Morgan fingerprint density at radius 3 is 2.69 bits per heavy atom. The van der Waals surface area contributed by atoms with Crippen LogP contribution in [-0.2, 0) is 6.54 Å². The first-order chi connectivity index (χ1) is 14.2. The van der Waals surface area contributed by atoms with Gasteiger partial charge in [0.05, 0.1) is 23.9 Å². The molecule has 4 aromatic rings. The molecule has 0 amide bonds. The lowest BCUT2D eigenvalue weighted by Gasteiger charge is -2.10. The van der Waals surface area contributed by atoms with Gasteiger partial charge in [-0.05, 0) is 86.4 Å². The van der Waals surface area contributed by atoms with Crippen molar-refractivity contribution in [1.29, 1.82) is 0 Å². The Bertz CT molecular complexity index is 1110. The van der Waals surface area contributed by atoms with Crippen LogP contribution in [0.3, 0.4) is 0 Å². The SMILES string of the molecule is Cc1ccc(OCCCCn2c(/C=C/c3ccco3)nc3ccccc32)cc1C. The summed E-state index contributed by atoms with van der Waals surface area (Å²) in [5, 5.41) is 0. The zero-order chi connectivity index (χ0) is 20.1. The number of unbranched alkanes of at least 4 members (excludes halogenated alkanes) is 1. The summed E-state index contributed by atoms with van der Waals surface area (Å²) in [5.41, 5.74) is 4.72. The fourth-order valence-electron chi connectivity index (χ4n) is 3.36. The van der Waals surface area contributed by atoms with Gasteiger partial charge in [0, 0.05) is 6.54 Å². The van der Waals surface area contributed by atoms with Crippen LogP contribution >= 0.6 is 0 Å². The fraction of sp³-hybridized carbons (Fsp3) is 0.240. The number of rotatable bonds is 8. The van der Waals surface area contributed by atoms with E-state index in [4.69, 9.17) is 14.1 Å². The molecule has 0 saturated heterocycles. The smallest absolute Gasteiger partial charge is 0.133 e. The topological polar surface area (TPSA) is 40.2 Å². The van der Waals surface area contributed by atoms with Crippen LogP contribution in [0.1, 0.15) is 35.6 Å². The average molecular weight is 386 g/mol. The van der Waals surface area contributed by atoms with Crippen LogP contribution in [0.2, 0.25) is 0 Å². The van der Waals surface area contributed by atoms with E-state index in [0.29, 0.717) is 6.61 Å². The average Bonchev–Trinajstić information content (AvgIpc) is 3.36. The molecule has 29 heavy (non-hydrogen) atoms. The second-order valence-corrected chi connectivity index (χ2v) is 7.26. The van der Waals surface area contributed by atoms with Gasteiger partial charge in [-0.25, -0.2) is 4.98 Å². The van der Waals surface area contributed by atoms with Crippen molar-refractivity contribution in [2.45, 2.75) is 33.2 Å². The minimum absolute atomic E-state index is 0.715. The monoisotopic (exact) mass is 386 g/mol. The van der Waals surface area contributed by atoms with Gasteiger partial charge in [-0.3, -0.25) is 0 Å². The van der Waals surface area contributed by atoms with E-state index in [0.717, 1.165) is 47.8 Å². The van der Waals surface area contributed by atoms with E-state index < -0.39 is 0 Å². The van der Waals surface area contributed by atoms with Gasteiger partial charge in [0.15, 0.2) is 0 Å². The predicted octanol–water partition coefficient (Wildman–Crippen LogP) is 6.28. The van der Waals surface area contributed by atoms with Crippen molar-refractivity contribution in [3.05, 3.63) is 83.6 Å². The third kappa shape index (κ3) is 4.60. The highest BCUT2D eigenvalue weighted by atomic mass is 16.5. The van der Waals surface area contributed by atoms with Crippen LogP contribution in [0.4, 0.5) is 0 Å². The number of imidazole rings is 1. The maximum atomic E-state index is 5.92. The lowest BCUT2D eigenvalue weighted by molar-refractivity contribution is 0.303. The molecule has 148 valence electrons. The quantitative estimate of drug-likeness (QED) is 0.335. The second-order valence-electron chi connectivity index (χ2n) is 7.26. The number of hydrogen-bond donors (Lipinski definition) is 0. The summed E-state index contributed by atoms with van der Waals surface area (Å²) in [7, 11) is 0. The van der Waals surface area contributed by atoms with Crippen molar-refractivity contribution in [1.82, 2.24) is 9.55 Å². The van der Waals surface area contributed by atoms with Crippen LogP contribution < -0.4 is 4.74 Å². The summed E-state index contributed by atoms with van der Waals surface area (Å²) in [6, 6.07) is 18.3. The van der Waals surface area contributed by atoms with Crippen LogP contribution in [0.15, 0.2) is 65.3 Å². The molecule has 2 aromatic carbocycles. The standard InChI is InChI=1S/C25H26N2O2/c1-19-11-12-22(18-20(19)2)29-16-6-5-15-27-24-10-4-3-9-23(24)26-25(27)14-13-21-8-7-17-28-21/h3-4,7-14,17-18H,5-6,15-16H2,1-2H3/b14-13+. The van der Waals surface area contributed by atoms with Gasteiger partial charge in [0.1, 0.15) is 17.3 Å². The van der Waals surface area contributed by atoms with E-state index in [1.165, 1.54) is 11.1 Å². The van der Waals surface area contributed by atoms with Crippen molar-refractivity contribution in [3.63, 3.8) is 0 Å². The molecule has 4 heteroatoms. The predicted molar refractivity (Wildman–Crippen MR) is 118 cm³/mol. The number of ether oxygens (including phenoxy) is 1. The maximum absolute atomic E-state index is 5.92. The fourth-order valence-corrected chi connectivity index (χ4v) is 3.36. The van der Waals surface area contributed by atoms with Crippen LogP contribution in [0, 0.1) is 13.8 Å². The molecule has 0 aliphatic heterocycles. The molecular formula is C25H26N2O2. The van der Waals surface area contributed by atoms with Gasteiger partial charge in [-0.2, -0.15) is 0 Å². The lowest BCUT2D eigenvalue weighted by atomic mass is 10.1. The van der Waals surface area contributed by atoms with Crippen molar-refractivity contribution < 1.29 is 9.15 Å². The molecule has 0 spiro atoms. The number of fused-ring (bicyclic) bond motifs is 1. The first-order valence-corrected chi connectivity index (χ1v) is 10.1. The van der Waals surface area contributed by atoms with Gasteiger partial charge in [0.2, 0.25) is 0 Å². The summed E-state index contributed by atoms with van der Waals surface area (Å²) in [4.78, 5) is 4.78. The number of hydrogen-bond acceptors (Lipinski definition) is 3. The van der Waals surface area contributed by atoms with Crippen molar-refractivity contribution >= 4 is 23.2 Å². The highest BCUT2D eigenvalue weighted by Gasteiger charge is 2.08. The molecule has 2 aromatic heterocycles. The highest BCUT2D eigenvalue weighted by Crippen LogP contribution is 2.20. The lowest BCUT2D eigenvalue weighted by Crippen LogP contribution is -2.04. The maximum Gasteiger partial charge on any atom is 0.133 e. The molecule has 2 heterocycles. The molecular weight excluding hydrogens is 360 g/mol. The first-order valence-electron chi connectivity index (χ1n) is 10.1. The molecule has 0 bridgehead atoms. The number of aryl methyl sites for hydroxylation is 3. The minimum Gasteiger partial charge on any atom is -0.494 e. The summed E-state index contributed by atoms with van der Waals surface area (Å²) >= 11 is 0. The van der Waals surface area contributed by atoms with E-state index in [2.05, 4.69) is 48.7 Å². The summed E-state index contributed by atoms with van der Waals surface area (Å²) in [6.45, 7) is 5.85. The minimum atomic E-state index is 0.715. The molecule has 0 saturated carbocycles. The number of nitrogens with zero attached hydrogens (tertiary/aromatic N) is 2. The molecule has 0 atom stereocenters. The summed E-state index contributed by atoms with van der Waals surface area (Å²) in [5.74, 6) is 2.71. The van der Waals surface area contributed by atoms with E-state index >= 15 is 0 Å². The van der Waals surface area contributed by atoms with Gasteiger partial charge in [-0.1, -0.05) is 18.2 Å². The number of furan rings is 1. The van der Waals surface area contributed by atoms with E-state index in [9.17, 15) is 0 Å². The molecule has 0 unspecified atom stereocenters. The Balaban J connectivity index is 1.40. The zero-order valence-electron chi connectivity index (χ0n) is 17.0. The molecule has 4 rings (SSSR count). The molecule has 0 radical (unpaired) electrons. The Hall–Kier alpha value is -3.27. The number of aromatic nitrogens is 2. The van der Waals surface area contributed by atoms with Gasteiger partial charge < -0.3 is 13.7 Å². The van der Waals surface area contributed by atoms with E-state index in [-0.39, 0.29) is 0 Å². The van der Waals surface area contributed by atoms with Gasteiger partial charge >= 0.3 is 0 Å². The van der Waals surface area contributed by atoms with Gasteiger partial charge in [-0.15, -0.1) is 0 Å². The van der Waals surface area contributed by atoms with Crippen LogP contribution in [-0.4, -0.2) is 16.2 Å².